The summed E-state index contributed by atoms with van der Waals surface area (Å²) in [5, 5.41) is 16.3. The van der Waals surface area contributed by atoms with E-state index in [0.29, 0.717) is 17.6 Å². The zero-order chi connectivity index (χ0) is 13.3. The molecular formula is C12H16O5. The van der Waals surface area contributed by atoms with Crippen molar-refractivity contribution in [2.24, 2.45) is 0 Å². The molecule has 0 amide bonds. The fourth-order valence-corrected chi connectivity index (χ4v) is 0.788. The van der Waals surface area contributed by atoms with Gasteiger partial charge in [-0.2, -0.15) is 0 Å². The second-order valence-corrected chi connectivity index (χ2v) is 3.46. The van der Waals surface area contributed by atoms with Crippen molar-refractivity contribution < 1.29 is 24.5 Å². The Kier molecular flexibility index (Phi) is 7.38. The lowest BCUT2D eigenvalue weighted by Crippen LogP contribution is -2.09. The molecule has 0 heterocycles. The zero-order valence-electron chi connectivity index (χ0n) is 9.79. The minimum absolute atomic E-state index is 0.167. The standard InChI is InChI=1S/C9H8O4.C3H8O/c10-5-7-1-3-8(4-2-7)13-6-9(11)12;1-3(2)4/h1-5H,6H2,(H,11,12);3-4H,1-2H3. The fourth-order valence-electron chi connectivity index (χ4n) is 0.788. The quantitative estimate of drug-likeness (QED) is 0.776. The van der Waals surface area contributed by atoms with E-state index in [2.05, 4.69) is 0 Å². The summed E-state index contributed by atoms with van der Waals surface area (Å²) in [6.07, 6.45) is 0.543. The number of hydrogen-bond acceptors (Lipinski definition) is 4. The van der Waals surface area contributed by atoms with Gasteiger partial charge < -0.3 is 14.9 Å². The van der Waals surface area contributed by atoms with Crippen LogP contribution in [0.4, 0.5) is 0 Å². The third-order valence-corrected chi connectivity index (χ3v) is 1.38. The van der Waals surface area contributed by atoms with Crippen LogP contribution < -0.4 is 4.74 Å². The molecule has 0 aliphatic rings. The van der Waals surface area contributed by atoms with E-state index in [1.165, 1.54) is 0 Å². The van der Waals surface area contributed by atoms with Crippen LogP contribution in [0, 0.1) is 0 Å². The second kappa shape index (κ2) is 8.29. The van der Waals surface area contributed by atoms with Crippen LogP contribution in [0.1, 0.15) is 24.2 Å². The van der Waals surface area contributed by atoms with Gasteiger partial charge in [0.25, 0.3) is 0 Å². The van der Waals surface area contributed by atoms with E-state index >= 15 is 0 Å². The largest absolute Gasteiger partial charge is 0.482 e. The number of hydrogen-bond donors (Lipinski definition) is 2. The van der Waals surface area contributed by atoms with E-state index in [1.54, 1.807) is 38.1 Å². The van der Waals surface area contributed by atoms with Crippen LogP contribution in [0.2, 0.25) is 0 Å². The molecule has 0 radical (unpaired) electrons. The summed E-state index contributed by atoms with van der Waals surface area (Å²) >= 11 is 0. The van der Waals surface area contributed by atoms with Gasteiger partial charge in [0.15, 0.2) is 6.61 Å². The summed E-state index contributed by atoms with van der Waals surface area (Å²) in [5.41, 5.74) is 0.530. The SMILES string of the molecule is CC(C)O.O=Cc1ccc(OCC(=O)O)cc1. The molecule has 0 spiro atoms. The third kappa shape index (κ3) is 9.07. The molecule has 1 aromatic rings. The Hall–Kier alpha value is -1.88. The first-order valence-corrected chi connectivity index (χ1v) is 5.03. The van der Waals surface area contributed by atoms with Gasteiger partial charge in [-0.15, -0.1) is 0 Å². The van der Waals surface area contributed by atoms with Crippen LogP contribution in [0.3, 0.4) is 0 Å². The summed E-state index contributed by atoms with van der Waals surface area (Å²) in [6.45, 7) is 3.07. The topological polar surface area (TPSA) is 83.8 Å². The monoisotopic (exact) mass is 240 g/mol. The van der Waals surface area contributed by atoms with Gasteiger partial charge in [0.2, 0.25) is 0 Å². The Morgan fingerprint density at radius 2 is 1.82 bits per heavy atom. The molecule has 0 atom stereocenters. The highest BCUT2D eigenvalue weighted by molar-refractivity contribution is 5.74. The average Bonchev–Trinajstić information content (AvgIpc) is 2.26. The van der Waals surface area contributed by atoms with E-state index in [1.807, 2.05) is 0 Å². The molecule has 5 heteroatoms. The maximum absolute atomic E-state index is 10.2. The van der Waals surface area contributed by atoms with Crippen LogP contribution in [0.15, 0.2) is 24.3 Å². The van der Waals surface area contributed by atoms with Crippen LogP contribution >= 0.6 is 0 Å². The molecule has 0 aromatic heterocycles. The number of carboxylic acid groups (broad SMARTS) is 1. The number of aliphatic hydroxyl groups is 1. The predicted octanol–water partition coefficient (Wildman–Crippen LogP) is 1.35. The minimum Gasteiger partial charge on any atom is -0.482 e. The summed E-state index contributed by atoms with van der Waals surface area (Å²) in [7, 11) is 0. The maximum Gasteiger partial charge on any atom is 0.341 e. The first-order valence-electron chi connectivity index (χ1n) is 5.03. The maximum atomic E-state index is 10.2. The number of aldehydes is 1. The van der Waals surface area contributed by atoms with Crippen molar-refractivity contribution in [2.75, 3.05) is 6.61 Å². The Balaban J connectivity index is 0.000000557. The van der Waals surface area contributed by atoms with Gasteiger partial charge in [-0.05, 0) is 38.1 Å². The number of carboxylic acids is 1. The third-order valence-electron chi connectivity index (χ3n) is 1.38. The molecule has 0 bridgehead atoms. The first kappa shape index (κ1) is 15.1. The molecule has 1 aromatic carbocycles. The molecular weight excluding hydrogens is 224 g/mol. The molecule has 94 valence electrons. The number of rotatable bonds is 4. The molecule has 0 saturated carbocycles. The summed E-state index contributed by atoms with van der Waals surface area (Å²) in [5.74, 6) is -0.590. The van der Waals surface area contributed by atoms with E-state index in [4.69, 9.17) is 14.9 Å². The summed E-state index contributed by atoms with van der Waals surface area (Å²) < 4.78 is 4.85. The van der Waals surface area contributed by atoms with Crippen LogP contribution in [0.25, 0.3) is 0 Å². The van der Waals surface area contributed by atoms with Crippen LogP contribution in [-0.4, -0.2) is 35.2 Å². The summed E-state index contributed by atoms with van der Waals surface area (Å²) in [4.78, 5) is 20.4. The van der Waals surface area contributed by atoms with Crippen molar-refractivity contribution in [1.82, 2.24) is 0 Å². The smallest absolute Gasteiger partial charge is 0.341 e. The zero-order valence-corrected chi connectivity index (χ0v) is 9.79. The van der Waals surface area contributed by atoms with E-state index in [-0.39, 0.29) is 12.7 Å². The highest BCUT2D eigenvalue weighted by Crippen LogP contribution is 2.10. The molecule has 0 saturated heterocycles. The molecule has 17 heavy (non-hydrogen) atoms. The van der Waals surface area contributed by atoms with E-state index in [0.717, 1.165) is 0 Å². The number of aliphatic hydroxyl groups excluding tert-OH is 1. The normalized spacial score (nSPS) is 9.18. The van der Waals surface area contributed by atoms with Gasteiger partial charge >= 0.3 is 5.97 Å². The van der Waals surface area contributed by atoms with Crippen molar-refractivity contribution in [3.63, 3.8) is 0 Å². The molecule has 5 nitrogen and oxygen atoms in total. The fraction of sp³-hybridized carbons (Fsp3) is 0.333. The first-order chi connectivity index (χ1) is 7.95. The highest BCUT2D eigenvalue weighted by atomic mass is 16.5. The lowest BCUT2D eigenvalue weighted by atomic mass is 10.2. The number of carbonyl (C=O) groups excluding carboxylic acids is 1. The number of ether oxygens (including phenoxy) is 1. The lowest BCUT2D eigenvalue weighted by molar-refractivity contribution is -0.139. The van der Waals surface area contributed by atoms with E-state index < -0.39 is 5.97 Å². The number of carbonyl (C=O) groups is 2. The van der Waals surface area contributed by atoms with Crippen molar-refractivity contribution in [1.29, 1.82) is 0 Å². The minimum atomic E-state index is -1.03. The van der Waals surface area contributed by atoms with Gasteiger partial charge in [-0.1, -0.05) is 0 Å². The Morgan fingerprint density at radius 1 is 1.35 bits per heavy atom. The van der Waals surface area contributed by atoms with Crippen molar-refractivity contribution >= 4 is 12.3 Å². The predicted molar refractivity (Wildman–Crippen MR) is 62.3 cm³/mol. The lowest BCUT2D eigenvalue weighted by Gasteiger charge is -2.01. The summed E-state index contributed by atoms with van der Waals surface area (Å²) in [6, 6.07) is 6.22. The van der Waals surface area contributed by atoms with Gasteiger partial charge in [0, 0.05) is 11.7 Å². The molecule has 0 aliphatic heterocycles. The van der Waals surface area contributed by atoms with Crippen molar-refractivity contribution in [3.05, 3.63) is 29.8 Å². The van der Waals surface area contributed by atoms with Crippen LogP contribution in [-0.2, 0) is 4.79 Å². The molecule has 1 rings (SSSR count). The highest BCUT2D eigenvalue weighted by Gasteiger charge is 1.98. The van der Waals surface area contributed by atoms with Gasteiger partial charge in [-0.3, -0.25) is 4.79 Å². The average molecular weight is 240 g/mol. The van der Waals surface area contributed by atoms with Gasteiger partial charge in [0.1, 0.15) is 12.0 Å². The molecule has 0 unspecified atom stereocenters. The number of benzene rings is 1. The Morgan fingerprint density at radius 3 is 2.18 bits per heavy atom. The Labute approximate surface area is 99.7 Å². The van der Waals surface area contributed by atoms with Gasteiger partial charge in [-0.25, -0.2) is 4.79 Å². The Bertz CT molecular complexity index is 340. The van der Waals surface area contributed by atoms with Crippen molar-refractivity contribution in [2.45, 2.75) is 20.0 Å². The van der Waals surface area contributed by atoms with Crippen LogP contribution in [0.5, 0.6) is 5.75 Å². The second-order valence-electron chi connectivity index (χ2n) is 3.46. The molecule has 2 N–H and O–H groups in total. The van der Waals surface area contributed by atoms with Gasteiger partial charge in [0.05, 0.1) is 0 Å². The van der Waals surface area contributed by atoms with E-state index in [9.17, 15) is 9.59 Å². The number of aliphatic carboxylic acids is 1. The molecule has 0 fully saturated rings. The van der Waals surface area contributed by atoms with Crippen molar-refractivity contribution in [3.8, 4) is 5.75 Å². The molecule has 0 aliphatic carbocycles.